The number of benzene rings is 1. The maximum absolute atomic E-state index is 12.0. The van der Waals surface area contributed by atoms with Crippen LogP contribution in [-0.2, 0) is 9.59 Å². The molecular weight excluding hydrogens is 328 g/mol. The minimum atomic E-state index is -1.20. The fraction of sp³-hybridized carbons (Fsp3) is 0.308. The van der Waals surface area contributed by atoms with Gasteiger partial charge in [-0.3, -0.25) is 9.59 Å². The second-order valence-corrected chi connectivity index (χ2v) is 5.19. The average molecular weight is 343 g/mol. The van der Waals surface area contributed by atoms with E-state index in [0.29, 0.717) is 5.56 Å². The number of primary amides is 1. The number of hydrogen-bond donors (Lipinski definition) is 3. The van der Waals surface area contributed by atoms with Crippen LogP contribution < -0.4 is 11.1 Å². The Labute approximate surface area is 124 Å². The molecule has 0 unspecified atom stereocenters. The highest BCUT2D eigenvalue weighted by atomic mass is 79.9. The Kier molecular flexibility index (Phi) is 5.69. The third-order valence-corrected chi connectivity index (χ3v) is 3.59. The Balaban J connectivity index is 2.77. The largest absolute Gasteiger partial charge is 0.480 e. The monoisotopic (exact) mass is 342 g/mol. The van der Waals surface area contributed by atoms with Gasteiger partial charge < -0.3 is 16.2 Å². The number of aliphatic carboxylic acids is 1. The molecular formula is C13H15BrN2O4. The van der Waals surface area contributed by atoms with Crippen molar-refractivity contribution < 1.29 is 19.5 Å². The average Bonchev–Trinajstić information content (AvgIpc) is 2.36. The number of nitrogens with two attached hydrogens (primary N) is 1. The lowest BCUT2D eigenvalue weighted by Crippen LogP contribution is -2.41. The van der Waals surface area contributed by atoms with E-state index in [1.807, 2.05) is 6.92 Å². The third-order valence-electron chi connectivity index (χ3n) is 2.70. The minimum Gasteiger partial charge on any atom is -0.480 e. The summed E-state index contributed by atoms with van der Waals surface area (Å²) < 4.78 is 0.859. The van der Waals surface area contributed by atoms with Gasteiger partial charge in [-0.05, 0) is 37.1 Å². The molecule has 1 aromatic carbocycles. The maximum atomic E-state index is 12.0. The summed E-state index contributed by atoms with van der Waals surface area (Å²) in [7, 11) is 0. The molecule has 0 aromatic heterocycles. The summed E-state index contributed by atoms with van der Waals surface area (Å²) in [5, 5.41) is 11.4. The van der Waals surface area contributed by atoms with Gasteiger partial charge in [0.2, 0.25) is 5.91 Å². The third kappa shape index (κ3) is 4.65. The number of rotatable bonds is 6. The number of carbonyl (C=O) groups excluding carboxylic acids is 2. The first-order valence-corrected chi connectivity index (χ1v) is 6.68. The zero-order chi connectivity index (χ0) is 15.3. The predicted octanol–water partition coefficient (Wildman–Crippen LogP) is 1.21. The van der Waals surface area contributed by atoms with E-state index in [4.69, 9.17) is 10.8 Å². The van der Waals surface area contributed by atoms with Gasteiger partial charge in [0.05, 0.1) is 0 Å². The molecule has 4 N–H and O–H groups in total. The molecule has 0 radical (unpaired) electrons. The fourth-order valence-electron chi connectivity index (χ4n) is 1.57. The minimum absolute atomic E-state index is 0.0358. The molecule has 20 heavy (non-hydrogen) atoms. The van der Waals surface area contributed by atoms with Crippen LogP contribution in [0.15, 0.2) is 22.7 Å². The summed E-state index contributed by atoms with van der Waals surface area (Å²) in [5.41, 5.74) is 6.19. The molecule has 2 amide bonds. The molecule has 0 spiro atoms. The van der Waals surface area contributed by atoms with E-state index in [9.17, 15) is 14.4 Å². The molecule has 1 atom stereocenters. The van der Waals surface area contributed by atoms with Crippen LogP contribution in [0.1, 0.15) is 28.8 Å². The lowest BCUT2D eigenvalue weighted by atomic mass is 10.1. The zero-order valence-electron chi connectivity index (χ0n) is 10.9. The van der Waals surface area contributed by atoms with Crippen molar-refractivity contribution in [3.8, 4) is 0 Å². The Morgan fingerprint density at radius 3 is 2.55 bits per heavy atom. The molecule has 1 rings (SSSR count). The quantitative estimate of drug-likeness (QED) is 0.721. The van der Waals surface area contributed by atoms with Gasteiger partial charge in [-0.1, -0.05) is 15.9 Å². The summed E-state index contributed by atoms with van der Waals surface area (Å²) in [6.45, 7) is 1.82. The Morgan fingerprint density at radius 2 is 2.05 bits per heavy atom. The van der Waals surface area contributed by atoms with Gasteiger partial charge in [0.1, 0.15) is 6.04 Å². The van der Waals surface area contributed by atoms with Gasteiger partial charge in [-0.25, -0.2) is 4.79 Å². The van der Waals surface area contributed by atoms with Crippen molar-refractivity contribution >= 4 is 33.7 Å². The first kappa shape index (κ1) is 16.2. The smallest absolute Gasteiger partial charge is 0.326 e. The van der Waals surface area contributed by atoms with E-state index >= 15 is 0 Å². The van der Waals surface area contributed by atoms with Crippen LogP contribution in [0.4, 0.5) is 0 Å². The summed E-state index contributed by atoms with van der Waals surface area (Å²) in [4.78, 5) is 33.7. The van der Waals surface area contributed by atoms with Gasteiger partial charge in [0, 0.05) is 16.5 Å². The molecule has 7 heteroatoms. The van der Waals surface area contributed by atoms with Gasteiger partial charge >= 0.3 is 5.97 Å². The van der Waals surface area contributed by atoms with E-state index < -0.39 is 23.8 Å². The molecule has 0 saturated carbocycles. The number of aryl methyl sites for hydroxylation is 1. The van der Waals surface area contributed by atoms with Crippen molar-refractivity contribution in [2.45, 2.75) is 25.8 Å². The number of amides is 2. The Hall–Kier alpha value is -1.89. The van der Waals surface area contributed by atoms with Crippen molar-refractivity contribution in [2.24, 2.45) is 5.73 Å². The molecule has 0 aliphatic heterocycles. The van der Waals surface area contributed by atoms with Gasteiger partial charge in [0.25, 0.3) is 5.91 Å². The van der Waals surface area contributed by atoms with Crippen LogP contribution in [-0.4, -0.2) is 28.9 Å². The van der Waals surface area contributed by atoms with E-state index in [-0.39, 0.29) is 12.8 Å². The van der Waals surface area contributed by atoms with Gasteiger partial charge in [-0.2, -0.15) is 0 Å². The van der Waals surface area contributed by atoms with Crippen molar-refractivity contribution in [3.05, 3.63) is 33.8 Å². The number of carboxylic acid groups (broad SMARTS) is 1. The zero-order valence-corrected chi connectivity index (χ0v) is 12.4. The van der Waals surface area contributed by atoms with Gasteiger partial charge in [0.15, 0.2) is 0 Å². The van der Waals surface area contributed by atoms with Crippen LogP contribution >= 0.6 is 15.9 Å². The Bertz CT molecular complexity index is 545. The standard InChI is InChI=1S/C13H15BrN2O4/c1-7-6-8(2-3-9(7)14)12(18)16-10(13(19)20)4-5-11(15)17/h2-3,6,10H,4-5H2,1H3,(H2,15,17)(H,16,18)(H,19,20)/t10-/m1/s1. The molecule has 0 bridgehead atoms. The van der Waals surface area contributed by atoms with Crippen molar-refractivity contribution in [1.82, 2.24) is 5.32 Å². The molecule has 0 saturated heterocycles. The lowest BCUT2D eigenvalue weighted by Gasteiger charge is -2.14. The summed E-state index contributed by atoms with van der Waals surface area (Å²) in [5.74, 6) is -2.31. The van der Waals surface area contributed by atoms with Crippen LogP contribution in [0.3, 0.4) is 0 Å². The van der Waals surface area contributed by atoms with Crippen LogP contribution in [0.5, 0.6) is 0 Å². The Morgan fingerprint density at radius 1 is 1.40 bits per heavy atom. The molecule has 0 heterocycles. The topological polar surface area (TPSA) is 109 Å². The first-order chi connectivity index (χ1) is 9.31. The maximum Gasteiger partial charge on any atom is 0.326 e. The van der Waals surface area contributed by atoms with E-state index in [1.54, 1.807) is 18.2 Å². The molecule has 0 fully saturated rings. The highest BCUT2D eigenvalue weighted by molar-refractivity contribution is 9.10. The SMILES string of the molecule is Cc1cc(C(=O)N[C@H](CCC(N)=O)C(=O)O)ccc1Br. The van der Waals surface area contributed by atoms with E-state index in [2.05, 4.69) is 21.2 Å². The van der Waals surface area contributed by atoms with Crippen LogP contribution in [0.2, 0.25) is 0 Å². The van der Waals surface area contributed by atoms with E-state index in [0.717, 1.165) is 10.0 Å². The number of halogens is 1. The van der Waals surface area contributed by atoms with Crippen LogP contribution in [0, 0.1) is 6.92 Å². The second kappa shape index (κ2) is 7.04. The second-order valence-electron chi connectivity index (χ2n) is 4.33. The summed E-state index contributed by atoms with van der Waals surface area (Å²) in [6, 6.07) is 3.80. The van der Waals surface area contributed by atoms with Crippen molar-refractivity contribution in [2.75, 3.05) is 0 Å². The summed E-state index contributed by atoms with van der Waals surface area (Å²) >= 11 is 3.32. The molecule has 1 aromatic rings. The first-order valence-electron chi connectivity index (χ1n) is 5.89. The van der Waals surface area contributed by atoms with E-state index in [1.165, 1.54) is 0 Å². The molecule has 0 aliphatic rings. The molecule has 6 nitrogen and oxygen atoms in total. The van der Waals surface area contributed by atoms with Crippen LogP contribution in [0.25, 0.3) is 0 Å². The highest BCUT2D eigenvalue weighted by Gasteiger charge is 2.21. The fourth-order valence-corrected chi connectivity index (χ4v) is 1.82. The number of carboxylic acids is 1. The van der Waals surface area contributed by atoms with Gasteiger partial charge in [-0.15, -0.1) is 0 Å². The van der Waals surface area contributed by atoms with Crippen molar-refractivity contribution in [1.29, 1.82) is 0 Å². The molecule has 108 valence electrons. The molecule has 0 aliphatic carbocycles. The number of nitrogens with one attached hydrogen (secondary N) is 1. The number of carbonyl (C=O) groups is 3. The van der Waals surface area contributed by atoms with Crippen molar-refractivity contribution in [3.63, 3.8) is 0 Å². The number of hydrogen-bond acceptors (Lipinski definition) is 3. The summed E-state index contributed by atoms with van der Waals surface area (Å²) in [6.07, 6.45) is -0.136. The highest BCUT2D eigenvalue weighted by Crippen LogP contribution is 2.17. The normalized spacial score (nSPS) is 11.7. The predicted molar refractivity (Wildman–Crippen MR) is 76.2 cm³/mol. The lowest BCUT2D eigenvalue weighted by molar-refractivity contribution is -0.139.